The lowest BCUT2D eigenvalue weighted by molar-refractivity contribution is -0.126. The number of hydrogen-bond donors (Lipinski definition) is 1. The van der Waals surface area contributed by atoms with Gasteiger partial charge in [0.05, 0.1) is 6.04 Å². The molecule has 1 N–H and O–H groups in total. The molecule has 2 aromatic rings. The van der Waals surface area contributed by atoms with Crippen LogP contribution in [-0.4, -0.2) is 16.3 Å². The summed E-state index contributed by atoms with van der Waals surface area (Å²) in [5, 5.41) is 11.7. The molecular formula is C18H21NO. The van der Waals surface area contributed by atoms with Crippen LogP contribution in [0.25, 0.3) is 0 Å². The summed E-state index contributed by atoms with van der Waals surface area (Å²) in [6.07, 6.45) is 1.81. The molecule has 2 rings (SSSR count). The number of hydrogen-bond acceptors (Lipinski definition) is 2. The molecule has 0 radical (unpaired) electrons. The minimum Gasteiger partial charge on any atom is -0.313 e. The van der Waals surface area contributed by atoms with Crippen molar-refractivity contribution < 1.29 is 5.21 Å². The van der Waals surface area contributed by atoms with Crippen LogP contribution in [0.4, 0.5) is 0 Å². The zero-order valence-corrected chi connectivity index (χ0v) is 11.8. The highest BCUT2D eigenvalue weighted by Crippen LogP contribution is 2.24. The Labute approximate surface area is 120 Å². The maximum Gasteiger partial charge on any atom is 0.0597 e. The van der Waals surface area contributed by atoms with E-state index in [-0.39, 0.29) is 12.0 Å². The maximum atomic E-state index is 10.4. The largest absolute Gasteiger partial charge is 0.313 e. The van der Waals surface area contributed by atoms with Gasteiger partial charge in [-0.1, -0.05) is 73.7 Å². The van der Waals surface area contributed by atoms with Gasteiger partial charge in [0.15, 0.2) is 0 Å². The van der Waals surface area contributed by atoms with Crippen molar-refractivity contribution in [2.75, 3.05) is 0 Å². The molecule has 0 aliphatic carbocycles. The third kappa shape index (κ3) is 3.56. The first-order valence-electron chi connectivity index (χ1n) is 6.89. The first-order chi connectivity index (χ1) is 9.72. The van der Waals surface area contributed by atoms with Crippen molar-refractivity contribution in [3.63, 3.8) is 0 Å². The highest BCUT2D eigenvalue weighted by Gasteiger charge is 2.21. The van der Waals surface area contributed by atoms with Crippen LogP contribution in [0, 0.1) is 0 Å². The Bertz CT molecular complexity index is 524. The van der Waals surface area contributed by atoms with Crippen LogP contribution in [0.2, 0.25) is 0 Å². The number of benzene rings is 2. The number of rotatable bonds is 6. The van der Waals surface area contributed by atoms with E-state index in [2.05, 4.69) is 25.6 Å². The molecule has 0 aromatic heterocycles. The lowest BCUT2D eigenvalue weighted by Gasteiger charge is -2.29. The summed E-state index contributed by atoms with van der Waals surface area (Å²) < 4.78 is 0. The summed E-state index contributed by atoms with van der Waals surface area (Å²) >= 11 is 0. The fraction of sp³-hybridized carbons (Fsp3) is 0.222. The molecule has 0 amide bonds. The molecule has 2 heteroatoms. The minimum atomic E-state index is -0.113. The van der Waals surface area contributed by atoms with Gasteiger partial charge in [-0.15, -0.1) is 6.58 Å². The molecule has 0 spiro atoms. The monoisotopic (exact) mass is 267 g/mol. The SMILES string of the molecule is C=C[C@@H]([C@@H](C)c1ccccc1)N(O)Cc1ccccc1. The van der Waals surface area contributed by atoms with E-state index in [0.29, 0.717) is 6.54 Å². The normalized spacial score (nSPS) is 13.9. The second kappa shape index (κ2) is 7.04. The zero-order valence-electron chi connectivity index (χ0n) is 11.8. The molecule has 20 heavy (non-hydrogen) atoms. The average Bonchev–Trinajstić information content (AvgIpc) is 2.49. The van der Waals surface area contributed by atoms with Gasteiger partial charge in [0.25, 0.3) is 0 Å². The van der Waals surface area contributed by atoms with Gasteiger partial charge in [-0.3, -0.25) is 0 Å². The van der Waals surface area contributed by atoms with Gasteiger partial charge in [0, 0.05) is 12.5 Å². The third-order valence-electron chi connectivity index (χ3n) is 3.61. The van der Waals surface area contributed by atoms with Gasteiger partial charge in [0.2, 0.25) is 0 Å². The van der Waals surface area contributed by atoms with Crippen molar-refractivity contribution in [3.05, 3.63) is 84.4 Å². The molecule has 0 saturated heterocycles. The quantitative estimate of drug-likeness (QED) is 0.625. The van der Waals surface area contributed by atoms with Gasteiger partial charge < -0.3 is 5.21 Å². The first-order valence-corrected chi connectivity index (χ1v) is 6.89. The van der Waals surface area contributed by atoms with E-state index in [4.69, 9.17) is 0 Å². The average molecular weight is 267 g/mol. The molecule has 104 valence electrons. The van der Waals surface area contributed by atoms with Gasteiger partial charge in [0.1, 0.15) is 0 Å². The maximum absolute atomic E-state index is 10.4. The van der Waals surface area contributed by atoms with Crippen molar-refractivity contribution in [2.45, 2.75) is 25.4 Å². The van der Waals surface area contributed by atoms with Gasteiger partial charge in [-0.25, -0.2) is 0 Å². The Balaban J connectivity index is 2.09. The van der Waals surface area contributed by atoms with E-state index in [1.165, 1.54) is 10.6 Å². The summed E-state index contributed by atoms with van der Waals surface area (Å²) in [5.74, 6) is 0.183. The van der Waals surface area contributed by atoms with Gasteiger partial charge in [-0.2, -0.15) is 5.06 Å². The molecule has 0 aliphatic heterocycles. The van der Waals surface area contributed by atoms with Crippen molar-refractivity contribution in [1.29, 1.82) is 0 Å². The lowest BCUT2D eigenvalue weighted by atomic mass is 9.93. The molecule has 2 atom stereocenters. The minimum absolute atomic E-state index is 0.113. The standard InChI is InChI=1S/C18H21NO/c1-3-18(15(2)17-12-8-5-9-13-17)19(20)14-16-10-6-4-7-11-16/h3-13,15,18,20H,1,14H2,2H3/t15-,18-/m0/s1. The van der Waals surface area contributed by atoms with E-state index < -0.39 is 0 Å². The second-order valence-electron chi connectivity index (χ2n) is 5.01. The van der Waals surface area contributed by atoms with Gasteiger partial charge in [-0.05, 0) is 11.1 Å². The summed E-state index contributed by atoms with van der Waals surface area (Å²) in [5.41, 5.74) is 2.28. The smallest absolute Gasteiger partial charge is 0.0597 e. The Morgan fingerprint density at radius 1 is 1.05 bits per heavy atom. The van der Waals surface area contributed by atoms with Crippen molar-refractivity contribution in [1.82, 2.24) is 5.06 Å². The van der Waals surface area contributed by atoms with Crippen LogP contribution in [0.15, 0.2) is 73.3 Å². The topological polar surface area (TPSA) is 23.5 Å². The fourth-order valence-corrected chi connectivity index (χ4v) is 2.41. The van der Waals surface area contributed by atoms with Crippen LogP contribution in [0.1, 0.15) is 24.0 Å². The Kier molecular flexibility index (Phi) is 5.10. The molecule has 0 heterocycles. The number of nitrogens with zero attached hydrogens (tertiary/aromatic N) is 1. The van der Waals surface area contributed by atoms with E-state index in [1.54, 1.807) is 6.08 Å². The fourth-order valence-electron chi connectivity index (χ4n) is 2.41. The molecule has 0 fully saturated rings. The summed E-state index contributed by atoms with van der Waals surface area (Å²) in [6.45, 7) is 6.47. The first kappa shape index (κ1) is 14.5. The predicted octanol–water partition coefficient (Wildman–Crippen LogP) is 4.24. The van der Waals surface area contributed by atoms with E-state index in [9.17, 15) is 5.21 Å². The van der Waals surface area contributed by atoms with E-state index in [1.807, 2.05) is 48.5 Å². The molecule has 0 unspecified atom stereocenters. The van der Waals surface area contributed by atoms with E-state index >= 15 is 0 Å². The van der Waals surface area contributed by atoms with Crippen molar-refractivity contribution in [2.24, 2.45) is 0 Å². The summed E-state index contributed by atoms with van der Waals surface area (Å²) in [7, 11) is 0. The predicted molar refractivity (Wildman–Crippen MR) is 82.6 cm³/mol. The molecule has 0 bridgehead atoms. The van der Waals surface area contributed by atoms with Crippen LogP contribution >= 0.6 is 0 Å². The third-order valence-corrected chi connectivity index (χ3v) is 3.61. The van der Waals surface area contributed by atoms with Crippen LogP contribution in [0.3, 0.4) is 0 Å². The number of hydroxylamine groups is 2. The molecular weight excluding hydrogens is 246 g/mol. The summed E-state index contributed by atoms with van der Waals surface area (Å²) in [4.78, 5) is 0. The van der Waals surface area contributed by atoms with E-state index in [0.717, 1.165) is 5.56 Å². The second-order valence-corrected chi connectivity index (χ2v) is 5.01. The molecule has 0 saturated carbocycles. The van der Waals surface area contributed by atoms with Crippen LogP contribution in [0.5, 0.6) is 0 Å². The summed E-state index contributed by atoms with van der Waals surface area (Å²) in [6, 6.07) is 20.0. The Morgan fingerprint density at radius 3 is 2.15 bits per heavy atom. The Morgan fingerprint density at radius 2 is 1.60 bits per heavy atom. The Hall–Kier alpha value is -1.90. The van der Waals surface area contributed by atoms with Crippen molar-refractivity contribution >= 4 is 0 Å². The highest BCUT2D eigenvalue weighted by molar-refractivity contribution is 5.22. The highest BCUT2D eigenvalue weighted by atomic mass is 16.5. The van der Waals surface area contributed by atoms with Gasteiger partial charge >= 0.3 is 0 Å². The molecule has 2 aromatic carbocycles. The molecule has 2 nitrogen and oxygen atoms in total. The zero-order chi connectivity index (χ0) is 14.4. The molecule has 0 aliphatic rings. The lowest BCUT2D eigenvalue weighted by Crippen LogP contribution is -2.34. The van der Waals surface area contributed by atoms with Crippen LogP contribution < -0.4 is 0 Å². The van der Waals surface area contributed by atoms with Crippen molar-refractivity contribution in [3.8, 4) is 0 Å². The van der Waals surface area contributed by atoms with Crippen LogP contribution in [-0.2, 0) is 6.54 Å².